The number of para-hydroxylation sites is 1. The van der Waals surface area contributed by atoms with Crippen LogP contribution in [0.25, 0.3) is 0 Å². The Balaban J connectivity index is 2.80. The van der Waals surface area contributed by atoms with Gasteiger partial charge in [0.1, 0.15) is 5.75 Å². The van der Waals surface area contributed by atoms with Crippen LogP contribution in [0.5, 0.6) is 5.75 Å². The highest BCUT2D eigenvalue weighted by molar-refractivity contribution is 5.75. The summed E-state index contributed by atoms with van der Waals surface area (Å²) in [6, 6.07) is 8.10. The summed E-state index contributed by atoms with van der Waals surface area (Å²) in [5, 5.41) is 8.72. The summed E-state index contributed by atoms with van der Waals surface area (Å²) in [6.45, 7) is 1.70. The molecule has 0 aliphatic carbocycles. The largest absolute Gasteiger partial charge is 0.476 e. The van der Waals surface area contributed by atoms with Crippen molar-refractivity contribution in [1.29, 1.82) is 0 Å². The quantitative estimate of drug-likeness (QED) is 0.816. The standard InChI is InChI=1S/C11H13FO3/c1-2-8-11(12,10(13)14)15-9-6-4-3-5-7-9/h3-7H,2,8H2,1H3,(H,13,14). The van der Waals surface area contributed by atoms with Crippen molar-refractivity contribution in [1.82, 2.24) is 0 Å². The third kappa shape index (κ3) is 2.94. The van der Waals surface area contributed by atoms with E-state index in [0.717, 1.165) is 0 Å². The Morgan fingerprint density at radius 3 is 2.53 bits per heavy atom. The first kappa shape index (κ1) is 11.5. The van der Waals surface area contributed by atoms with E-state index in [1.54, 1.807) is 25.1 Å². The van der Waals surface area contributed by atoms with Crippen molar-refractivity contribution in [2.45, 2.75) is 25.6 Å². The van der Waals surface area contributed by atoms with Crippen LogP contribution >= 0.6 is 0 Å². The van der Waals surface area contributed by atoms with Crippen LogP contribution in [-0.4, -0.2) is 16.9 Å². The van der Waals surface area contributed by atoms with E-state index in [-0.39, 0.29) is 12.2 Å². The van der Waals surface area contributed by atoms with E-state index in [1.165, 1.54) is 12.1 Å². The van der Waals surface area contributed by atoms with Gasteiger partial charge in [0.2, 0.25) is 0 Å². The molecule has 0 spiro atoms. The minimum atomic E-state index is -2.63. The van der Waals surface area contributed by atoms with Crippen LogP contribution in [0.2, 0.25) is 0 Å². The number of alkyl halides is 1. The van der Waals surface area contributed by atoms with Crippen molar-refractivity contribution < 1.29 is 19.0 Å². The molecule has 1 unspecified atom stereocenters. The van der Waals surface area contributed by atoms with Gasteiger partial charge in [0.15, 0.2) is 0 Å². The zero-order valence-electron chi connectivity index (χ0n) is 8.44. The number of hydrogen-bond donors (Lipinski definition) is 1. The highest BCUT2D eigenvalue weighted by Gasteiger charge is 2.40. The van der Waals surface area contributed by atoms with E-state index in [1.807, 2.05) is 0 Å². The van der Waals surface area contributed by atoms with E-state index in [9.17, 15) is 9.18 Å². The third-order valence-corrected chi connectivity index (χ3v) is 1.91. The Kier molecular flexibility index (Phi) is 3.66. The fourth-order valence-corrected chi connectivity index (χ4v) is 1.20. The second-order valence-electron chi connectivity index (χ2n) is 3.20. The minimum absolute atomic E-state index is 0.169. The fourth-order valence-electron chi connectivity index (χ4n) is 1.20. The van der Waals surface area contributed by atoms with Gasteiger partial charge in [-0.2, -0.15) is 4.39 Å². The highest BCUT2D eigenvalue weighted by Crippen LogP contribution is 2.24. The summed E-state index contributed by atoms with van der Waals surface area (Å²) in [5.74, 6) is -4.00. The minimum Gasteiger partial charge on any atom is -0.476 e. The number of carboxylic acid groups (broad SMARTS) is 1. The fraction of sp³-hybridized carbons (Fsp3) is 0.364. The molecule has 1 N–H and O–H groups in total. The molecule has 1 aromatic carbocycles. The molecule has 1 aromatic rings. The average molecular weight is 212 g/mol. The van der Waals surface area contributed by atoms with Crippen molar-refractivity contribution in [3.8, 4) is 5.75 Å². The number of carboxylic acids is 1. The summed E-state index contributed by atoms with van der Waals surface area (Å²) in [4.78, 5) is 10.7. The van der Waals surface area contributed by atoms with Crippen LogP contribution < -0.4 is 4.74 Å². The van der Waals surface area contributed by atoms with Crippen LogP contribution in [0, 0.1) is 0 Å². The lowest BCUT2D eigenvalue weighted by Gasteiger charge is -2.21. The first-order valence-electron chi connectivity index (χ1n) is 4.75. The molecule has 0 aliphatic rings. The number of ether oxygens (including phenoxy) is 1. The van der Waals surface area contributed by atoms with Crippen LogP contribution in [0.15, 0.2) is 30.3 Å². The molecule has 82 valence electrons. The summed E-state index contributed by atoms with van der Waals surface area (Å²) in [7, 11) is 0. The van der Waals surface area contributed by atoms with Crippen molar-refractivity contribution in [2.75, 3.05) is 0 Å². The van der Waals surface area contributed by atoms with Gasteiger partial charge in [0.25, 0.3) is 0 Å². The molecule has 4 heteroatoms. The van der Waals surface area contributed by atoms with Crippen molar-refractivity contribution in [2.24, 2.45) is 0 Å². The number of carbonyl (C=O) groups is 1. The van der Waals surface area contributed by atoms with Gasteiger partial charge in [-0.15, -0.1) is 0 Å². The lowest BCUT2D eigenvalue weighted by molar-refractivity contribution is -0.175. The highest BCUT2D eigenvalue weighted by atomic mass is 19.2. The summed E-state index contributed by atoms with van der Waals surface area (Å²) in [5.41, 5.74) is 0. The van der Waals surface area contributed by atoms with Crippen molar-refractivity contribution >= 4 is 5.97 Å². The number of hydrogen-bond acceptors (Lipinski definition) is 2. The molecule has 0 saturated carbocycles. The predicted octanol–water partition coefficient (Wildman–Crippen LogP) is 2.62. The van der Waals surface area contributed by atoms with Gasteiger partial charge in [-0.05, 0) is 18.6 Å². The normalized spacial score (nSPS) is 14.3. The molecule has 0 bridgehead atoms. The molecule has 0 amide bonds. The maximum absolute atomic E-state index is 13.8. The third-order valence-electron chi connectivity index (χ3n) is 1.91. The monoisotopic (exact) mass is 212 g/mol. The number of rotatable bonds is 5. The molecule has 1 rings (SSSR count). The van der Waals surface area contributed by atoms with E-state index < -0.39 is 11.8 Å². The Morgan fingerprint density at radius 2 is 2.07 bits per heavy atom. The lowest BCUT2D eigenvalue weighted by Crippen LogP contribution is -2.39. The lowest BCUT2D eigenvalue weighted by atomic mass is 10.2. The van der Waals surface area contributed by atoms with E-state index >= 15 is 0 Å². The second kappa shape index (κ2) is 4.77. The molecule has 0 heterocycles. The molecule has 1 atom stereocenters. The van der Waals surface area contributed by atoms with Crippen molar-refractivity contribution in [3.05, 3.63) is 30.3 Å². The van der Waals surface area contributed by atoms with Crippen LogP contribution in [0.4, 0.5) is 4.39 Å². The molecule has 15 heavy (non-hydrogen) atoms. The van der Waals surface area contributed by atoms with Gasteiger partial charge in [-0.1, -0.05) is 25.1 Å². The molecule has 3 nitrogen and oxygen atoms in total. The van der Waals surface area contributed by atoms with Crippen LogP contribution in [-0.2, 0) is 4.79 Å². The SMILES string of the molecule is CCCC(F)(Oc1ccccc1)C(=O)O. The Morgan fingerprint density at radius 1 is 1.47 bits per heavy atom. The topological polar surface area (TPSA) is 46.5 Å². The van der Waals surface area contributed by atoms with Gasteiger partial charge >= 0.3 is 11.8 Å². The molecule has 0 fully saturated rings. The number of aliphatic carboxylic acids is 1. The molecular weight excluding hydrogens is 199 g/mol. The van der Waals surface area contributed by atoms with Crippen LogP contribution in [0.1, 0.15) is 19.8 Å². The van der Waals surface area contributed by atoms with E-state index in [2.05, 4.69) is 0 Å². The summed E-state index contributed by atoms with van der Waals surface area (Å²) >= 11 is 0. The maximum Gasteiger partial charge on any atom is 0.382 e. The van der Waals surface area contributed by atoms with Crippen LogP contribution in [0.3, 0.4) is 0 Å². The van der Waals surface area contributed by atoms with Gasteiger partial charge in [0, 0.05) is 6.42 Å². The van der Waals surface area contributed by atoms with Gasteiger partial charge in [-0.25, -0.2) is 4.79 Å². The molecule has 0 aromatic heterocycles. The summed E-state index contributed by atoms with van der Waals surface area (Å²) in [6.07, 6.45) is 0.229. The average Bonchev–Trinajstić information content (AvgIpc) is 2.19. The maximum atomic E-state index is 13.8. The van der Waals surface area contributed by atoms with Crippen molar-refractivity contribution in [3.63, 3.8) is 0 Å². The smallest absolute Gasteiger partial charge is 0.382 e. The zero-order chi connectivity index (χ0) is 11.3. The number of halogens is 1. The first-order valence-corrected chi connectivity index (χ1v) is 4.75. The van der Waals surface area contributed by atoms with E-state index in [0.29, 0.717) is 6.42 Å². The predicted molar refractivity (Wildman–Crippen MR) is 53.5 cm³/mol. The van der Waals surface area contributed by atoms with Gasteiger partial charge < -0.3 is 9.84 Å². The Hall–Kier alpha value is -1.58. The Labute approximate surface area is 87.5 Å². The second-order valence-corrected chi connectivity index (χ2v) is 3.20. The molecule has 0 radical (unpaired) electrons. The van der Waals surface area contributed by atoms with Gasteiger partial charge in [0.05, 0.1) is 0 Å². The Bertz CT molecular complexity index is 326. The first-order chi connectivity index (χ1) is 7.08. The number of benzene rings is 1. The molecule has 0 aliphatic heterocycles. The zero-order valence-corrected chi connectivity index (χ0v) is 8.44. The molecule has 0 saturated heterocycles. The van der Waals surface area contributed by atoms with E-state index in [4.69, 9.17) is 9.84 Å². The van der Waals surface area contributed by atoms with Gasteiger partial charge in [-0.3, -0.25) is 0 Å². The summed E-state index contributed by atoms with van der Waals surface area (Å²) < 4.78 is 18.6. The molecular formula is C11H13FO3.